The average molecular weight is 492 g/mol. The van der Waals surface area contributed by atoms with Crippen LogP contribution in [0.1, 0.15) is 66.5 Å². The number of nitrogens with one attached hydrogen (secondary N) is 1. The van der Waals surface area contributed by atoms with E-state index in [0.29, 0.717) is 25.4 Å². The molecule has 2 heterocycles. The number of aromatic nitrogens is 1. The summed E-state index contributed by atoms with van der Waals surface area (Å²) in [4.78, 5) is 31.6. The second-order valence-corrected chi connectivity index (χ2v) is 9.74. The van der Waals surface area contributed by atoms with Gasteiger partial charge in [0.2, 0.25) is 0 Å². The molecule has 1 saturated heterocycles. The van der Waals surface area contributed by atoms with Crippen LogP contribution in [0, 0.1) is 0 Å². The molecule has 0 aliphatic carbocycles. The van der Waals surface area contributed by atoms with Crippen LogP contribution in [0.4, 0.5) is 10.5 Å². The van der Waals surface area contributed by atoms with Crippen molar-refractivity contribution >= 4 is 29.0 Å². The number of rotatable bonds is 8. The fraction of sp³-hybridized carbons (Fsp3) is 0.393. The zero-order valence-corrected chi connectivity index (χ0v) is 21.3. The third-order valence-electron chi connectivity index (χ3n) is 6.43. The fourth-order valence-electron chi connectivity index (χ4n) is 4.23. The summed E-state index contributed by atoms with van der Waals surface area (Å²) in [5.74, 6) is 0.0488. The molecule has 1 aromatic heterocycles. The highest BCUT2D eigenvalue weighted by Gasteiger charge is 2.27. The standard InChI is InChI=1S/C28H33N3O3S/c1-3-5-18-34-28(33)31-16-14-22(15-17-31)27-30-25(19-35-27)26(32)29-24-9-7-6-8-23(24)21-12-10-20(4-2)11-13-21/h6-13,19,22H,3-5,14-18H2,1-2H3,(H,29,32). The first-order chi connectivity index (χ1) is 17.1. The van der Waals surface area contributed by atoms with E-state index in [4.69, 9.17) is 4.74 Å². The maximum atomic E-state index is 13.0. The molecular weight excluding hydrogens is 458 g/mol. The Bertz CT molecular complexity index is 1130. The topological polar surface area (TPSA) is 71.5 Å². The average Bonchev–Trinajstić information content (AvgIpc) is 3.40. The van der Waals surface area contributed by atoms with Gasteiger partial charge in [-0.15, -0.1) is 11.3 Å². The summed E-state index contributed by atoms with van der Waals surface area (Å²) in [6.45, 7) is 6.00. The van der Waals surface area contributed by atoms with E-state index in [1.165, 1.54) is 16.9 Å². The van der Waals surface area contributed by atoms with E-state index in [0.717, 1.165) is 53.9 Å². The minimum atomic E-state index is -0.223. The number of aryl methyl sites for hydroxylation is 1. The third-order valence-corrected chi connectivity index (χ3v) is 7.44. The van der Waals surface area contributed by atoms with Crippen molar-refractivity contribution in [3.8, 4) is 11.1 Å². The van der Waals surface area contributed by atoms with Gasteiger partial charge in [0.15, 0.2) is 0 Å². The Morgan fingerprint density at radius 3 is 2.54 bits per heavy atom. The lowest BCUT2D eigenvalue weighted by Gasteiger charge is -2.30. The predicted molar refractivity (Wildman–Crippen MR) is 141 cm³/mol. The zero-order chi connectivity index (χ0) is 24.6. The van der Waals surface area contributed by atoms with Crippen LogP contribution in [-0.4, -0.2) is 41.6 Å². The second kappa shape index (κ2) is 12.0. The number of unbranched alkanes of at least 4 members (excludes halogenated alkanes) is 1. The molecule has 3 aromatic rings. The van der Waals surface area contributed by atoms with Crippen LogP contribution in [0.3, 0.4) is 0 Å². The number of ether oxygens (including phenoxy) is 1. The van der Waals surface area contributed by atoms with Crippen molar-refractivity contribution in [2.45, 2.75) is 51.9 Å². The van der Waals surface area contributed by atoms with Gasteiger partial charge in [0, 0.05) is 35.6 Å². The Balaban J connectivity index is 1.37. The lowest BCUT2D eigenvalue weighted by atomic mass is 9.98. The maximum absolute atomic E-state index is 13.0. The molecule has 2 aromatic carbocycles. The van der Waals surface area contributed by atoms with Crippen LogP contribution in [0.25, 0.3) is 11.1 Å². The molecule has 0 spiro atoms. The number of para-hydroxylation sites is 1. The summed E-state index contributed by atoms with van der Waals surface area (Å²) in [5.41, 5.74) is 4.53. The van der Waals surface area contributed by atoms with Gasteiger partial charge in [-0.05, 0) is 42.9 Å². The molecule has 0 radical (unpaired) electrons. The summed E-state index contributed by atoms with van der Waals surface area (Å²) in [6.07, 6.45) is 4.32. The molecule has 0 atom stereocenters. The lowest BCUT2D eigenvalue weighted by molar-refractivity contribution is 0.0916. The first kappa shape index (κ1) is 24.9. The second-order valence-electron chi connectivity index (χ2n) is 8.85. The first-order valence-corrected chi connectivity index (χ1v) is 13.3. The lowest BCUT2D eigenvalue weighted by Crippen LogP contribution is -2.38. The number of carbonyl (C=O) groups is 2. The van der Waals surface area contributed by atoms with Crippen molar-refractivity contribution in [3.63, 3.8) is 0 Å². The molecule has 1 aliphatic rings. The Kier molecular flexibility index (Phi) is 8.53. The number of nitrogens with zero attached hydrogens (tertiary/aromatic N) is 2. The molecule has 1 N–H and O–H groups in total. The molecule has 7 heteroatoms. The van der Waals surface area contributed by atoms with E-state index >= 15 is 0 Å². The van der Waals surface area contributed by atoms with E-state index < -0.39 is 0 Å². The van der Waals surface area contributed by atoms with E-state index in [2.05, 4.69) is 48.4 Å². The van der Waals surface area contributed by atoms with Crippen LogP contribution in [-0.2, 0) is 11.2 Å². The maximum Gasteiger partial charge on any atom is 0.409 e. The molecular formula is C28H33N3O3S. The monoisotopic (exact) mass is 491 g/mol. The Morgan fingerprint density at radius 2 is 1.83 bits per heavy atom. The first-order valence-electron chi connectivity index (χ1n) is 12.5. The Hall–Kier alpha value is -3.19. The number of piperidine rings is 1. The highest BCUT2D eigenvalue weighted by molar-refractivity contribution is 7.10. The Labute approximate surface area is 211 Å². The minimum Gasteiger partial charge on any atom is -0.449 e. The number of benzene rings is 2. The quantitative estimate of drug-likeness (QED) is 0.354. The summed E-state index contributed by atoms with van der Waals surface area (Å²) in [6, 6.07) is 16.3. The van der Waals surface area contributed by atoms with E-state index in [9.17, 15) is 9.59 Å². The van der Waals surface area contributed by atoms with Gasteiger partial charge in [0.1, 0.15) is 5.69 Å². The van der Waals surface area contributed by atoms with Gasteiger partial charge in [-0.3, -0.25) is 4.79 Å². The number of carbonyl (C=O) groups excluding carboxylic acids is 2. The molecule has 6 nitrogen and oxygen atoms in total. The van der Waals surface area contributed by atoms with Gasteiger partial charge >= 0.3 is 6.09 Å². The third kappa shape index (κ3) is 6.28. The SMILES string of the molecule is CCCCOC(=O)N1CCC(c2nc(C(=O)Nc3ccccc3-c3ccc(CC)cc3)cs2)CC1. The molecule has 2 amide bonds. The number of likely N-dealkylation sites (tertiary alicyclic amines) is 1. The van der Waals surface area contributed by atoms with Crippen LogP contribution in [0.2, 0.25) is 0 Å². The van der Waals surface area contributed by atoms with Gasteiger partial charge in [0.25, 0.3) is 5.91 Å². The summed E-state index contributed by atoms with van der Waals surface area (Å²) in [5, 5.41) is 5.84. The van der Waals surface area contributed by atoms with Crippen molar-refractivity contribution < 1.29 is 14.3 Å². The smallest absolute Gasteiger partial charge is 0.409 e. The number of thiazole rings is 1. The van der Waals surface area contributed by atoms with Crippen LogP contribution in [0.5, 0.6) is 0 Å². The highest BCUT2D eigenvalue weighted by Crippen LogP contribution is 2.32. The molecule has 1 aliphatic heterocycles. The molecule has 0 unspecified atom stereocenters. The van der Waals surface area contributed by atoms with Crippen LogP contribution < -0.4 is 5.32 Å². The molecule has 184 valence electrons. The van der Waals surface area contributed by atoms with Gasteiger partial charge in [-0.25, -0.2) is 9.78 Å². The minimum absolute atomic E-state index is 0.206. The van der Waals surface area contributed by atoms with Gasteiger partial charge in [-0.2, -0.15) is 0 Å². The zero-order valence-electron chi connectivity index (χ0n) is 20.5. The van der Waals surface area contributed by atoms with E-state index in [1.54, 1.807) is 4.90 Å². The highest BCUT2D eigenvalue weighted by atomic mass is 32.1. The van der Waals surface area contributed by atoms with E-state index in [-0.39, 0.29) is 17.9 Å². The number of anilines is 1. The molecule has 1 fully saturated rings. The van der Waals surface area contributed by atoms with Crippen molar-refractivity contribution in [1.29, 1.82) is 0 Å². The van der Waals surface area contributed by atoms with Crippen molar-refractivity contribution in [3.05, 3.63) is 70.2 Å². The molecule has 4 rings (SSSR count). The van der Waals surface area contributed by atoms with Crippen LogP contribution >= 0.6 is 11.3 Å². The fourth-order valence-corrected chi connectivity index (χ4v) is 5.21. The predicted octanol–water partition coefficient (Wildman–Crippen LogP) is 6.74. The van der Waals surface area contributed by atoms with Gasteiger partial charge in [-0.1, -0.05) is 62.7 Å². The molecule has 0 bridgehead atoms. The van der Waals surface area contributed by atoms with Gasteiger partial charge < -0.3 is 15.0 Å². The van der Waals surface area contributed by atoms with Gasteiger partial charge in [0.05, 0.1) is 11.6 Å². The summed E-state index contributed by atoms with van der Waals surface area (Å²) in [7, 11) is 0. The van der Waals surface area contributed by atoms with Crippen molar-refractivity contribution in [1.82, 2.24) is 9.88 Å². The number of amides is 2. The largest absolute Gasteiger partial charge is 0.449 e. The van der Waals surface area contributed by atoms with Crippen LogP contribution in [0.15, 0.2) is 53.9 Å². The molecule has 0 saturated carbocycles. The number of hydrogen-bond donors (Lipinski definition) is 1. The van der Waals surface area contributed by atoms with Crippen molar-refractivity contribution in [2.75, 3.05) is 25.0 Å². The van der Waals surface area contributed by atoms with Crippen molar-refractivity contribution in [2.24, 2.45) is 0 Å². The number of hydrogen-bond acceptors (Lipinski definition) is 5. The summed E-state index contributed by atoms with van der Waals surface area (Å²) < 4.78 is 5.33. The summed E-state index contributed by atoms with van der Waals surface area (Å²) >= 11 is 1.52. The normalized spacial score (nSPS) is 14.1. The Morgan fingerprint density at radius 1 is 1.09 bits per heavy atom. The molecule has 35 heavy (non-hydrogen) atoms. The van der Waals surface area contributed by atoms with E-state index in [1.807, 2.05) is 29.6 Å².